The summed E-state index contributed by atoms with van der Waals surface area (Å²) < 4.78 is 18.3. The van der Waals surface area contributed by atoms with E-state index in [-0.39, 0.29) is 17.3 Å². The third kappa shape index (κ3) is 4.01. The third-order valence-corrected chi connectivity index (χ3v) is 9.13. The summed E-state index contributed by atoms with van der Waals surface area (Å²) in [5, 5.41) is 5.59. The Morgan fingerprint density at radius 3 is 2.63 bits per heavy atom. The first-order valence-corrected chi connectivity index (χ1v) is 13.8. The van der Waals surface area contributed by atoms with E-state index in [2.05, 4.69) is 22.4 Å². The fourth-order valence-corrected chi connectivity index (χ4v) is 7.30. The van der Waals surface area contributed by atoms with E-state index < -0.39 is 0 Å². The molecule has 1 saturated heterocycles. The predicted molar refractivity (Wildman–Crippen MR) is 149 cm³/mol. The Bertz CT molecular complexity index is 1620. The Morgan fingerprint density at radius 2 is 1.84 bits per heavy atom. The quantitative estimate of drug-likeness (QED) is 0.371. The standard InChI is InChI=1S/C29H31N3O5S/c1-35-22-6-4-5-19-18(22)9-7-17-14-30-21(25(17)19)11-12-32-28(33)27-26(31-29(32)34)20(15-38-27)16-8-10-23(36-2)24(13-16)37-3/h4-6,8,10,13,15,17,21,25,30H,7,9,11-12,14H2,1-3H3,(H,31,34). The van der Waals surface area contributed by atoms with Crippen LogP contribution < -0.4 is 30.8 Å². The van der Waals surface area contributed by atoms with E-state index in [4.69, 9.17) is 14.2 Å². The van der Waals surface area contributed by atoms with E-state index in [0.29, 0.717) is 46.5 Å². The molecule has 9 heteroatoms. The number of aromatic amines is 1. The molecular weight excluding hydrogens is 502 g/mol. The summed E-state index contributed by atoms with van der Waals surface area (Å²) in [4.78, 5) is 29.6. The molecule has 4 aromatic rings. The fourth-order valence-electron chi connectivity index (χ4n) is 6.32. The minimum absolute atomic E-state index is 0.193. The first-order valence-electron chi connectivity index (χ1n) is 12.9. The second-order valence-corrected chi connectivity index (χ2v) is 10.8. The number of nitrogens with one attached hydrogen (secondary N) is 2. The van der Waals surface area contributed by atoms with Crippen molar-refractivity contribution >= 4 is 21.6 Å². The van der Waals surface area contributed by atoms with Gasteiger partial charge in [-0.2, -0.15) is 0 Å². The number of methoxy groups -OCH3 is 3. The zero-order valence-corrected chi connectivity index (χ0v) is 22.5. The van der Waals surface area contributed by atoms with Crippen LogP contribution in [0.3, 0.4) is 0 Å². The maximum Gasteiger partial charge on any atom is 0.328 e. The first-order chi connectivity index (χ1) is 18.5. The van der Waals surface area contributed by atoms with Gasteiger partial charge < -0.3 is 24.5 Å². The summed E-state index contributed by atoms with van der Waals surface area (Å²) in [5.74, 6) is 3.06. The summed E-state index contributed by atoms with van der Waals surface area (Å²) >= 11 is 1.35. The monoisotopic (exact) mass is 533 g/mol. The van der Waals surface area contributed by atoms with Gasteiger partial charge in [0.1, 0.15) is 10.4 Å². The minimum Gasteiger partial charge on any atom is -0.496 e. The number of aromatic nitrogens is 2. The molecular formula is C29H31N3O5S. The van der Waals surface area contributed by atoms with Gasteiger partial charge in [-0.15, -0.1) is 11.3 Å². The van der Waals surface area contributed by atoms with E-state index in [1.807, 2.05) is 29.6 Å². The van der Waals surface area contributed by atoms with Gasteiger partial charge in [-0.25, -0.2) is 4.79 Å². The fraction of sp³-hybridized carbons (Fsp3) is 0.379. The van der Waals surface area contributed by atoms with Gasteiger partial charge in [0.15, 0.2) is 11.5 Å². The number of nitrogens with zero attached hydrogens (tertiary/aromatic N) is 1. The highest BCUT2D eigenvalue weighted by molar-refractivity contribution is 7.17. The van der Waals surface area contributed by atoms with Crippen molar-refractivity contribution in [2.45, 2.75) is 37.8 Å². The van der Waals surface area contributed by atoms with Gasteiger partial charge in [-0.1, -0.05) is 18.2 Å². The molecule has 198 valence electrons. The molecule has 8 nitrogen and oxygen atoms in total. The molecule has 3 heterocycles. The van der Waals surface area contributed by atoms with Crippen LogP contribution in [-0.4, -0.2) is 43.5 Å². The van der Waals surface area contributed by atoms with Crippen molar-refractivity contribution in [2.24, 2.45) is 5.92 Å². The number of hydrogen-bond acceptors (Lipinski definition) is 7. The van der Waals surface area contributed by atoms with E-state index in [0.717, 1.165) is 36.3 Å². The van der Waals surface area contributed by atoms with Gasteiger partial charge in [0, 0.05) is 29.4 Å². The largest absolute Gasteiger partial charge is 0.496 e. The number of thiophene rings is 1. The molecule has 3 unspecified atom stereocenters. The average Bonchev–Trinajstić information content (AvgIpc) is 3.56. The molecule has 6 rings (SSSR count). The topological polar surface area (TPSA) is 94.6 Å². The Kier molecular flexibility index (Phi) is 6.49. The van der Waals surface area contributed by atoms with Crippen molar-refractivity contribution in [3.63, 3.8) is 0 Å². The lowest BCUT2D eigenvalue weighted by atomic mass is 9.73. The first kappa shape index (κ1) is 24.8. The highest BCUT2D eigenvalue weighted by atomic mass is 32.1. The summed E-state index contributed by atoms with van der Waals surface area (Å²) in [5.41, 5.74) is 4.19. The lowest BCUT2D eigenvalue weighted by molar-refractivity contribution is 0.355. The Morgan fingerprint density at radius 1 is 1.03 bits per heavy atom. The normalized spacial score (nSPS) is 20.2. The van der Waals surface area contributed by atoms with Crippen LogP contribution in [0.1, 0.15) is 29.9 Å². The van der Waals surface area contributed by atoms with Crippen molar-refractivity contribution in [3.05, 3.63) is 73.7 Å². The van der Waals surface area contributed by atoms with Gasteiger partial charge >= 0.3 is 5.69 Å². The van der Waals surface area contributed by atoms with E-state index in [9.17, 15) is 9.59 Å². The van der Waals surface area contributed by atoms with Crippen LogP contribution in [0.15, 0.2) is 51.4 Å². The smallest absolute Gasteiger partial charge is 0.328 e. The Hall–Kier alpha value is -3.56. The highest BCUT2D eigenvalue weighted by Crippen LogP contribution is 2.45. The van der Waals surface area contributed by atoms with Crippen molar-refractivity contribution in [2.75, 3.05) is 27.9 Å². The molecule has 1 fully saturated rings. The Labute approximate surface area is 224 Å². The predicted octanol–water partition coefficient (Wildman–Crippen LogP) is 4.15. The molecule has 2 aliphatic rings. The number of rotatable bonds is 7. The third-order valence-electron chi connectivity index (χ3n) is 8.16. The lowest BCUT2D eigenvalue weighted by Gasteiger charge is -2.32. The molecule has 0 saturated carbocycles. The zero-order valence-electron chi connectivity index (χ0n) is 21.7. The van der Waals surface area contributed by atoms with Crippen LogP contribution >= 0.6 is 11.3 Å². The summed E-state index contributed by atoms with van der Waals surface area (Å²) in [6.07, 6.45) is 2.83. The molecule has 1 aliphatic carbocycles. The van der Waals surface area contributed by atoms with Crippen LogP contribution in [0, 0.1) is 5.92 Å². The zero-order chi connectivity index (χ0) is 26.4. The van der Waals surface area contributed by atoms with Gasteiger partial charge in [-0.05, 0) is 66.6 Å². The van der Waals surface area contributed by atoms with Crippen LogP contribution in [0.4, 0.5) is 0 Å². The Balaban J connectivity index is 1.29. The summed E-state index contributed by atoms with van der Waals surface area (Å²) in [7, 11) is 4.89. The van der Waals surface area contributed by atoms with E-state index in [1.54, 1.807) is 21.3 Å². The number of ether oxygens (including phenoxy) is 3. The molecule has 0 bridgehead atoms. The molecule has 2 aromatic heterocycles. The van der Waals surface area contributed by atoms with Crippen LogP contribution in [0.2, 0.25) is 0 Å². The number of hydrogen-bond donors (Lipinski definition) is 2. The molecule has 2 aromatic carbocycles. The summed E-state index contributed by atoms with van der Waals surface area (Å²) in [6.45, 7) is 1.31. The van der Waals surface area contributed by atoms with Gasteiger partial charge in [0.25, 0.3) is 5.56 Å². The molecule has 0 radical (unpaired) electrons. The van der Waals surface area contributed by atoms with Gasteiger partial charge in [0.05, 0.1) is 26.8 Å². The maximum absolute atomic E-state index is 13.5. The van der Waals surface area contributed by atoms with Crippen LogP contribution in [-0.2, 0) is 13.0 Å². The van der Waals surface area contributed by atoms with Gasteiger partial charge in [0.2, 0.25) is 0 Å². The second kappa shape index (κ2) is 9.96. The van der Waals surface area contributed by atoms with Crippen LogP contribution in [0.25, 0.3) is 21.3 Å². The lowest BCUT2D eigenvalue weighted by Crippen LogP contribution is -2.37. The molecule has 3 atom stereocenters. The molecule has 38 heavy (non-hydrogen) atoms. The number of benzene rings is 2. The number of H-pyrrole nitrogens is 1. The van der Waals surface area contributed by atoms with Crippen molar-refractivity contribution in [1.29, 1.82) is 0 Å². The minimum atomic E-state index is -0.386. The molecule has 0 spiro atoms. The second-order valence-electron chi connectivity index (χ2n) is 9.97. The molecule has 2 N–H and O–H groups in total. The van der Waals surface area contributed by atoms with E-state index >= 15 is 0 Å². The SMILES string of the molecule is COc1ccc(-c2csc3c(=O)n(CCC4NCC5CCc6c(OC)cccc6C54)c(=O)[nH]c23)cc1OC. The van der Waals surface area contributed by atoms with Crippen molar-refractivity contribution < 1.29 is 14.2 Å². The van der Waals surface area contributed by atoms with Crippen molar-refractivity contribution in [1.82, 2.24) is 14.9 Å². The maximum atomic E-state index is 13.5. The van der Waals surface area contributed by atoms with E-state index in [1.165, 1.54) is 27.0 Å². The van der Waals surface area contributed by atoms with Gasteiger partial charge in [-0.3, -0.25) is 9.36 Å². The van der Waals surface area contributed by atoms with Crippen molar-refractivity contribution in [3.8, 4) is 28.4 Å². The average molecular weight is 534 g/mol. The van der Waals surface area contributed by atoms with Crippen LogP contribution in [0.5, 0.6) is 17.2 Å². The molecule has 0 amide bonds. The number of fused-ring (bicyclic) bond motifs is 4. The molecule has 1 aliphatic heterocycles. The summed E-state index contributed by atoms with van der Waals surface area (Å²) in [6, 6.07) is 12.1. The highest BCUT2D eigenvalue weighted by Gasteiger charge is 2.40.